The van der Waals surface area contributed by atoms with Crippen LogP contribution >= 0.6 is 22.9 Å². The Morgan fingerprint density at radius 2 is 2.00 bits per heavy atom. The Morgan fingerprint density at radius 3 is 2.50 bits per heavy atom. The quantitative estimate of drug-likeness (QED) is 0.491. The van der Waals surface area contributed by atoms with E-state index < -0.39 is 0 Å². The number of hydrogen-bond donors (Lipinski definition) is 2. The molecule has 0 bridgehead atoms. The van der Waals surface area contributed by atoms with Gasteiger partial charge in [-0.3, -0.25) is 11.3 Å². The molecule has 0 amide bonds. The maximum absolute atomic E-state index is 6.19. The van der Waals surface area contributed by atoms with Crippen LogP contribution in [0.25, 0.3) is 0 Å². The van der Waals surface area contributed by atoms with Crippen molar-refractivity contribution in [3.63, 3.8) is 0 Å². The molecule has 2 nitrogen and oxygen atoms in total. The lowest BCUT2D eigenvalue weighted by molar-refractivity contribution is 0.333. The molecule has 1 aliphatic carbocycles. The molecule has 1 heterocycles. The van der Waals surface area contributed by atoms with E-state index in [-0.39, 0.29) is 6.04 Å². The van der Waals surface area contributed by atoms with E-state index in [0.29, 0.717) is 5.92 Å². The van der Waals surface area contributed by atoms with Gasteiger partial charge in [-0.1, -0.05) is 37.3 Å². The van der Waals surface area contributed by atoms with Gasteiger partial charge >= 0.3 is 0 Å². The summed E-state index contributed by atoms with van der Waals surface area (Å²) in [6, 6.07) is 2.20. The number of thiophene rings is 1. The maximum Gasteiger partial charge on any atom is 0.0596 e. The molecule has 4 heteroatoms. The molecule has 1 aromatic heterocycles. The SMILES string of the molecule is NNC(c1sccc1Cl)C1CCCCCC1. The fourth-order valence-corrected chi connectivity index (χ4v) is 3.92. The summed E-state index contributed by atoms with van der Waals surface area (Å²) in [5, 5.41) is 2.90. The van der Waals surface area contributed by atoms with Gasteiger partial charge in [-0.25, -0.2) is 0 Å². The van der Waals surface area contributed by atoms with E-state index in [1.807, 2.05) is 11.4 Å². The van der Waals surface area contributed by atoms with Gasteiger partial charge in [-0.05, 0) is 30.2 Å². The third kappa shape index (κ3) is 2.77. The lowest BCUT2D eigenvalue weighted by atomic mass is 9.91. The molecule has 0 aliphatic heterocycles. The topological polar surface area (TPSA) is 38.0 Å². The molecule has 0 aromatic carbocycles. The molecule has 1 saturated carbocycles. The maximum atomic E-state index is 6.19. The van der Waals surface area contributed by atoms with Gasteiger partial charge in [-0.2, -0.15) is 0 Å². The monoisotopic (exact) mass is 258 g/mol. The van der Waals surface area contributed by atoms with Crippen LogP contribution in [0.4, 0.5) is 0 Å². The molecule has 3 N–H and O–H groups in total. The summed E-state index contributed by atoms with van der Waals surface area (Å²) < 4.78 is 0. The van der Waals surface area contributed by atoms with Gasteiger partial charge in [0.05, 0.1) is 11.1 Å². The number of nitrogens with one attached hydrogen (secondary N) is 1. The summed E-state index contributed by atoms with van der Waals surface area (Å²) in [4.78, 5) is 1.20. The van der Waals surface area contributed by atoms with Crippen LogP contribution in [0.15, 0.2) is 11.4 Å². The predicted molar refractivity (Wildman–Crippen MR) is 70.6 cm³/mol. The average molecular weight is 259 g/mol. The van der Waals surface area contributed by atoms with Crippen LogP contribution < -0.4 is 11.3 Å². The van der Waals surface area contributed by atoms with E-state index >= 15 is 0 Å². The largest absolute Gasteiger partial charge is 0.271 e. The number of hydrazine groups is 1. The minimum absolute atomic E-state index is 0.241. The number of rotatable bonds is 3. The highest BCUT2D eigenvalue weighted by Gasteiger charge is 2.25. The van der Waals surface area contributed by atoms with Crippen molar-refractivity contribution in [2.75, 3.05) is 0 Å². The molecule has 0 saturated heterocycles. The minimum atomic E-state index is 0.241. The molecule has 1 aromatic rings. The second-order valence-electron chi connectivity index (χ2n) is 4.53. The Bertz CT molecular complexity index is 319. The number of hydrogen-bond acceptors (Lipinski definition) is 3. The molecular weight excluding hydrogens is 240 g/mol. The zero-order valence-corrected chi connectivity index (χ0v) is 11.0. The summed E-state index contributed by atoms with van der Waals surface area (Å²) in [5.41, 5.74) is 2.97. The van der Waals surface area contributed by atoms with Crippen LogP contribution in [-0.2, 0) is 0 Å². The highest BCUT2D eigenvalue weighted by Crippen LogP contribution is 2.38. The van der Waals surface area contributed by atoms with E-state index in [1.54, 1.807) is 11.3 Å². The Labute approximate surface area is 106 Å². The highest BCUT2D eigenvalue weighted by atomic mass is 35.5. The van der Waals surface area contributed by atoms with Crippen molar-refractivity contribution >= 4 is 22.9 Å². The molecule has 1 fully saturated rings. The molecule has 16 heavy (non-hydrogen) atoms. The number of halogens is 1. The van der Waals surface area contributed by atoms with Crippen molar-refractivity contribution in [1.82, 2.24) is 5.43 Å². The van der Waals surface area contributed by atoms with Gasteiger partial charge in [-0.15, -0.1) is 11.3 Å². The lowest BCUT2D eigenvalue weighted by Gasteiger charge is -2.24. The first-order chi connectivity index (χ1) is 7.83. The van der Waals surface area contributed by atoms with Gasteiger partial charge in [0.1, 0.15) is 0 Å². The highest BCUT2D eigenvalue weighted by molar-refractivity contribution is 7.10. The van der Waals surface area contributed by atoms with Crippen LogP contribution in [0.1, 0.15) is 49.4 Å². The van der Waals surface area contributed by atoms with E-state index in [1.165, 1.54) is 43.4 Å². The normalized spacial score (nSPS) is 20.6. The Balaban J connectivity index is 2.12. The molecular formula is C12H19ClN2S. The summed E-state index contributed by atoms with van der Waals surface area (Å²) in [6.45, 7) is 0. The summed E-state index contributed by atoms with van der Waals surface area (Å²) >= 11 is 7.90. The van der Waals surface area contributed by atoms with Gasteiger partial charge < -0.3 is 0 Å². The first kappa shape index (κ1) is 12.4. The van der Waals surface area contributed by atoms with E-state index in [9.17, 15) is 0 Å². The Hall–Kier alpha value is -0.0900. The minimum Gasteiger partial charge on any atom is -0.271 e. The van der Waals surface area contributed by atoms with Crippen LogP contribution in [0.2, 0.25) is 5.02 Å². The second-order valence-corrected chi connectivity index (χ2v) is 5.88. The third-order valence-corrected chi connectivity index (χ3v) is 4.92. The fraction of sp³-hybridized carbons (Fsp3) is 0.667. The first-order valence-electron chi connectivity index (χ1n) is 6.02. The smallest absolute Gasteiger partial charge is 0.0596 e. The van der Waals surface area contributed by atoms with Crippen LogP contribution in [-0.4, -0.2) is 0 Å². The van der Waals surface area contributed by atoms with Crippen LogP contribution in [0.3, 0.4) is 0 Å². The molecule has 2 rings (SSSR count). The molecule has 90 valence electrons. The van der Waals surface area contributed by atoms with Gasteiger partial charge in [0, 0.05) is 4.88 Å². The molecule has 1 atom stereocenters. The molecule has 1 aliphatic rings. The van der Waals surface area contributed by atoms with Crippen molar-refractivity contribution in [2.45, 2.75) is 44.6 Å². The summed E-state index contributed by atoms with van der Waals surface area (Å²) in [6.07, 6.45) is 7.92. The number of nitrogens with two attached hydrogens (primary N) is 1. The van der Waals surface area contributed by atoms with Gasteiger partial charge in [0.2, 0.25) is 0 Å². The van der Waals surface area contributed by atoms with Crippen LogP contribution in [0, 0.1) is 5.92 Å². The van der Waals surface area contributed by atoms with E-state index in [2.05, 4.69) is 5.43 Å². The van der Waals surface area contributed by atoms with Crippen molar-refractivity contribution in [1.29, 1.82) is 0 Å². The zero-order chi connectivity index (χ0) is 11.4. The predicted octanol–water partition coefficient (Wildman–Crippen LogP) is 3.88. The van der Waals surface area contributed by atoms with Crippen LogP contribution in [0.5, 0.6) is 0 Å². The third-order valence-electron chi connectivity index (χ3n) is 3.48. The lowest BCUT2D eigenvalue weighted by Crippen LogP contribution is -2.33. The van der Waals surface area contributed by atoms with Crippen molar-refractivity contribution in [3.8, 4) is 0 Å². The van der Waals surface area contributed by atoms with Crippen molar-refractivity contribution < 1.29 is 0 Å². The van der Waals surface area contributed by atoms with Crippen molar-refractivity contribution in [2.24, 2.45) is 11.8 Å². The summed E-state index contributed by atoms with van der Waals surface area (Å²) in [7, 11) is 0. The molecule has 0 spiro atoms. The van der Waals surface area contributed by atoms with E-state index in [0.717, 1.165) is 5.02 Å². The molecule has 0 radical (unpaired) electrons. The Kier molecular flexibility index (Phi) is 4.65. The van der Waals surface area contributed by atoms with Gasteiger partial charge in [0.25, 0.3) is 0 Å². The van der Waals surface area contributed by atoms with Crippen molar-refractivity contribution in [3.05, 3.63) is 21.3 Å². The summed E-state index contributed by atoms with van der Waals surface area (Å²) in [5.74, 6) is 6.36. The second kappa shape index (κ2) is 6.01. The zero-order valence-electron chi connectivity index (χ0n) is 9.42. The molecule has 1 unspecified atom stereocenters. The van der Waals surface area contributed by atoms with Gasteiger partial charge in [0.15, 0.2) is 0 Å². The average Bonchev–Trinajstić information content (AvgIpc) is 2.57. The van der Waals surface area contributed by atoms with E-state index in [4.69, 9.17) is 17.4 Å². The standard InChI is InChI=1S/C12H19ClN2S/c13-10-7-8-16-12(10)11(15-14)9-5-3-1-2-4-6-9/h7-9,11,15H,1-6,14H2. The first-order valence-corrected chi connectivity index (χ1v) is 7.27. The Morgan fingerprint density at radius 1 is 1.31 bits per heavy atom. The fourth-order valence-electron chi connectivity index (χ4n) is 2.60.